The average molecular weight is 369 g/mol. The second kappa shape index (κ2) is 7.61. The fraction of sp³-hybridized carbons (Fsp3) is 0.286. The topological polar surface area (TPSA) is 57.2 Å². The molecular formula is C21H23NO5. The Morgan fingerprint density at radius 2 is 1.48 bits per heavy atom. The van der Waals surface area contributed by atoms with E-state index < -0.39 is 0 Å². The minimum absolute atomic E-state index is 0.138. The number of hydrogen-bond acceptors (Lipinski definition) is 5. The van der Waals surface area contributed by atoms with Crippen LogP contribution < -0.4 is 18.9 Å². The van der Waals surface area contributed by atoms with Crippen LogP contribution in [-0.2, 0) is 6.42 Å². The van der Waals surface area contributed by atoms with Crippen molar-refractivity contribution < 1.29 is 23.7 Å². The molecule has 3 rings (SSSR count). The van der Waals surface area contributed by atoms with E-state index in [9.17, 15) is 4.79 Å². The maximum Gasteiger partial charge on any atom is 0.258 e. The SMILES string of the molecule is C=C1c2cc(OC)c(OC)cc2CCN1C(=O)c1ccc(OC)c(OC)c1. The van der Waals surface area contributed by atoms with Gasteiger partial charge in [0.05, 0.1) is 28.4 Å². The molecule has 0 aromatic heterocycles. The first-order valence-corrected chi connectivity index (χ1v) is 8.52. The van der Waals surface area contributed by atoms with Crippen molar-refractivity contribution in [1.29, 1.82) is 0 Å². The van der Waals surface area contributed by atoms with Gasteiger partial charge in [0.2, 0.25) is 0 Å². The molecule has 0 saturated carbocycles. The number of benzene rings is 2. The summed E-state index contributed by atoms with van der Waals surface area (Å²) in [4.78, 5) is 14.8. The van der Waals surface area contributed by atoms with E-state index in [1.165, 1.54) is 0 Å². The monoisotopic (exact) mass is 369 g/mol. The molecule has 6 heteroatoms. The van der Waals surface area contributed by atoms with Crippen molar-refractivity contribution in [2.45, 2.75) is 6.42 Å². The third kappa shape index (κ3) is 3.30. The minimum Gasteiger partial charge on any atom is -0.493 e. The van der Waals surface area contributed by atoms with E-state index in [4.69, 9.17) is 18.9 Å². The number of rotatable bonds is 5. The predicted molar refractivity (Wildman–Crippen MR) is 103 cm³/mol. The number of amides is 1. The summed E-state index contributed by atoms with van der Waals surface area (Å²) in [5.41, 5.74) is 3.11. The molecule has 0 bridgehead atoms. The van der Waals surface area contributed by atoms with Gasteiger partial charge in [-0.3, -0.25) is 4.79 Å². The van der Waals surface area contributed by atoms with Crippen molar-refractivity contribution in [1.82, 2.24) is 4.90 Å². The molecule has 0 N–H and O–H groups in total. The van der Waals surface area contributed by atoms with Crippen molar-refractivity contribution in [2.75, 3.05) is 35.0 Å². The van der Waals surface area contributed by atoms with Gasteiger partial charge in [-0.1, -0.05) is 6.58 Å². The molecule has 0 saturated heterocycles. The van der Waals surface area contributed by atoms with Crippen LogP contribution in [-0.4, -0.2) is 45.8 Å². The quantitative estimate of drug-likeness (QED) is 0.809. The second-order valence-electron chi connectivity index (χ2n) is 6.09. The zero-order valence-corrected chi connectivity index (χ0v) is 16.0. The van der Waals surface area contributed by atoms with Crippen LogP contribution in [0.15, 0.2) is 36.9 Å². The summed E-state index contributed by atoms with van der Waals surface area (Å²) in [6.45, 7) is 4.68. The molecule has 1 aliphatic rings. The van der Waals surface area contributed by atoms with Crippen molar-refractivity contribution in [3.63, 3.8) is 0 Å². The Hall–Kier alpha value is -3.15. The summed E-state index contributed by atoms with van der Waals surface area (Å²) < 4.78 is 21.3. The Kier molecular flexibility index (Phi) is 5.26. The van der Waals surface area contributed by atoms with Crippen LogP contribution in [0.3, 0.4) is 0 Å². The lowest BCUT2D eigenvalue weighted by atomic mass is 9.95. The van der Waals surface area contributed by atoms with Gasteiger partial charge in [-0.25, -0.2) is 0 Å². The minimum atomic E-state index is -0.138. The van der Waals surface area contributed by atoms with E-state index in [1.54, 1.807) is 51.5 Å². The first-order valence-electron chi connectivity index (χ1n) is 8.52. The second-order valence-corrected chi connectivity index (χ2v) is 6.09. The summed E-state index contributed by atoms with van der Waals surface area (Å²) in [5, 5.41) is 0. The van der Waals surface area contributed by atoms with Gasteiger partial charge < -0.3 is 23.8 Å². The summed E-state index contributed by atoms with van der Waals surface area (Å²) in [6, 6.07) is 8.93. The van der Waals surface area contributed by atoms with Crippen molar-refractivity contribution in [2.24, 2.45) is 0 Å². The summed E-state index contributed by atoms with van der Waals surface area (Å²) in [7, 11) is 6.30. The Bertz CT molecular complexity index is 890. The number of nitrogens with zero attached hydrogens (tertiary/aromatic N) is 1. The third-order valence-electron chi connectivity index (χ3n) is 4.73. The number of carbonyl (C=O) groups is 1. The molecule has 1 amide bonds. The number of ether oxygens (including phenoxy) is 4. The number of hydrogen-bond donors (Lipinski definition) is 0. The number of fused-ring (bicyclic) bond motifs is 1. The fourth-order valence-corrected chi connectivity index (χ4v) is 3.26. The largest absolute Gasteiger partial charge is 0.493 e. The summed E-state index contributed by atoms with van der Waals surface area (Å²) in [6.07, 6.45) is 0.702. The maximum absolute atomic E-state index is 13.1. The summed E-state index contributed by atoms with van der Waals surface area (Å²) >= 11 is 0. The van der Waals surface area contributed by atoms with E-state index >= 15 is 0 Å². The smallest absolute Gasteiger partial charge is 0.258 e. The predicted octanol–water partition coefficient (Wildman–Crippen LogP) is 3.39. The van der Waals surface area contributed by atoms with Crippen LogP contribution in [0.5, 0.6) is 23.0 Å². The van der Waals surface area contributed by atoms with Crippen molar-refractivity contribution in [3.8, 4) is 23.0 Å². The van der Waals surface area contributed by atoms with E-state index in [0.717, 1.165) is 11.1 Å². The Labute approximate surface area is 158 Å². The first kappa shape index (κ1) is 18.6. The molecule has 0 radical (unpaired) electrons. The average Bonchev–Trinajstić information content (AvgIpc) is 2.72. The van der Waals surface area contributed by atoms with Crippen LogP contribution >= 0.6 is 0 Å². The molecule has 27 heavy (non-hydrogen) atoms. The molecule has 1 heterocycles. The van der Waals surface area contributed by atoms with Gasteiger partial charge in [0, 0.05) is 23.4 Å². The molecule has 1 aliphatic heterocycles. The molecule has 0 aliphatic carbocycles. The molecule has 142 valence electrons. The van der Waals surface area contributed by atoms with Gasteiger partial charge in [0.15, 0.2) is 23.0 Å². The standard InChI is InChI=1S/C21H23NO5/c1-13-16-12-20(27-5)19(26-4)10-14(16)8-9-22(13)21(23)15-6-7-17(24-2)18(11-15)25-3/h6-7,10-12H,1,8-9H2,2-5H3. The fourth-order valence-electron chi connectivity index (χ4n) is 3.26. The molecule has 2 aromatic rings. The zero-order valence-electron chi connectivity index (χ0n) is 16.0. The van der Waals surface area contributed by atoms with Gasteiger partial charge in [-0.15, -0.1) is 0 Å². The van der Waals surface area contributed by atoms with Crippen LogP contribution in [0.4, 0.5) is 0 Å². The highest BCUT2D eigenvalue weighted by molar-refractivity contribution is 6.00. The van der Waals surface area contributed by atoms with Crippen LogP contribution in [0.1, 0.15) is 21.5 Å². The molecular weight excluding hydrogens is 346 g/mol. The van der Waals surface area contributed by atoms with Gasteiger partial charge >= 0.3 is 0 Å². The normalized spacial score (nSPS) is 13.0. The van der Waals surface area contributed by atoms with Crippen LogP contribution in [0, 0.1) is 0 Å². The van der Waals surface area contributed by atoms with Crippen molar-refractivity contribution in [3.05, 3.63) is 53.6 Å². The lowest BCUT2D eigenvalue weighted by molar-refractivity contribution is 0.0833. The number of methoxy groups -OCH3 is 4. The molecule has 2 aromatic carbocycles. The highest BCUT2D eigenvalue weighted by atomic mass is 16.5. The molecule has 0 unspecified atom stereocenters. The Morgan fingerprint density at radius 3 is 2.11 bits per heavy atom. The first-order chi connectivity index (χ1) is 13.0. The van der Waals surface area contributed by atoms with E-state index in [0.29, 0.717) is 47.2 Å². The van der Waals surface area contributed by atoms with Crippen LogP contribution in [0.25, 0.3) is 5.70 Å². The van der Waals surface area contributed by atoms with Gasteiger partial charge in [0.25, 0.3) is 5.91 Å². The molecule has 0 spiro atoms. The third-order valence-corrected chi connectivity index (χ3v) is 4.73. The van der Waals surface area contributed by atoms with Gasteiger partial charge in [0.1, 0.15) is 0 Å². The molecule has 0 fully saturated rings. The number of carbonyl (C=O) groups excluding carboxylic acids is 1. The molecule has 0 atom stereocenters. The Morgan fingerprint density at radius 1 is 0.889 bits per heavy atom. The van der Waals surface area contributed by atoms with E-state index in [-0.39, 0.29) is 5.91 Å². The van der Waals surface area contributed by atoms with Crippen LogP contribution in [0.2, 0.25) is 0 Å². The lowest BCUT2D eigenvalue weighted by Crippen LogP contribution is -2.34. The molecule has 6 nitrogen and oxygen atoms in total. The lowest BCUT2D eigenvalue weighted by Gasteiger charge is -2.31. The van der Waals surface area contributed by atoms with E-state index in [1.807, 2.05) is 12.1 Å². The highest BCUT2D eigenvalue weighted by Gasteiger charge is 2.27. The summed E-state index contributed by atoms with van der Waals surface area (Å²) in [5.74, 6) is 2.23. The maximum atomic E-state index is 13.1. The highest BCUT2D eigenvalue weighted by Crippen LogP contribution is 2.38. The van der Waals surface area contributed by atoms with Gasteiger partial charge in [-0.05, 0) is 42.3 Å². The van der Waals surface area contributed by atoms with Gasteiger partial charge in [-0.2, -0.15) is 0 Å². The zero-order chi connectivity index (χ0) is 19.6. The van der Waals surface area contributed by atoms with Crippen molar-refractivity contribution >= 4 is 11.6 Å². The Balaban J connectivity index is 1.94. The van der Waals surface area contributed by atoms with E-state index in [2.05, 4.69) is 6.58 Å².